The maximum absolute atomic E-state index is 11.0. The van der Waals surface area contributed by atoms with Gasteiger partial charge in [0, 0.05) is 16.1 Å². The number of piperidine rings is 1. The van der Waals surface area contributed by atoms with Gasteiger partial charge >= 0.3 is 0 Å². The second-order valence-corrected chi connectivity index (χ2v) is 5.77. The third-order valence-corrected chi connectivity index (χ3v) is 3.79. The topological polar surface area (TPSA) is 67.2 Å². The maximum Gasteiger partial charge on any atom is 0.292 e. The molecule has 0 spiro atoms. The Bertz CT molecular complexity index is 459. The smallest absolute Gasteiger partial charge is 0.292 e. The van der Waals surface area contributed by atoms with Crippen LogP contribution in [0.25, 0.3) is 0 Å². The van der Waals surface area contributed by atoms with E-state index in [4.69, 9.17) is 0 Å². The van der Waals surface area contributed by atoms with E-state index in [9.17, 15) is 10.1 Å². The number of halogens is 1. The molecule has 0 radical (unpaired) electrons. The average molecular weight is 314 g/mol. The fourth-order valence-electron chi connectivity index (χ4n) is 2.20. The van der Waals surface area contributed by atoms with E-state index in [1.54, 1.807) is 12.1 Å². The van der Waals surface area contributed by atoms with Crippen molar-refractivity contribution < 1.29 is 4.92 Å². The predicted octanol–water partition coefficient (Wildman–Crippen LogP) is 2.91. The van der Waals surface area contributed by atoms with Crippen LogP contribution in [0.1, 0.15) is 19.8 Å². The Kier molecular flexibility index (Phi) is 3.87. The van der Waals surface area contributed by atoms with Gasteiger partial charge < -0.3 is 10.6 Å². The van der Waals surface area contributed by atoms with E-state index in [1.807, 2.05) is 0 Å². The summed E-state index contributed by atoms with van der Waals surface area (Å²) in [7, 11) is 0. The molecule has 0 atom stereocenters. The molecule has 0 bridgehead atoms. The highest BCUT2D eigenvalue weighted by Crippen LogP contribution is 2.32. The molecule has 6 heteroatoms. The zero-order valence-corrected chi connectivity index (χ0v) is 11.8. The summed E-state index contributed by atoms with van der Waals surface area (Å²) in [6.07, 6.45) is 1.91. The van der Waals surface area contributed by atoms with Crippen molar-refractivity contribution >= 4 is 27.3 Å². The SMILES string of the molecule is CC1(Nc2cc(Br)ccc2[N+](=O)[O-])CCNCC1. The standard InChI is InChI=1S/C12H16BrN3O2/c1-12(4-6-14-7-5-12)15-10-8-9(13)2-3-11(10)16(17)18/h2-3,8,14-15H,4-7H2,1H3. The molecule has 0 amide bonds. The van der Waals surface area contributed by atoms with Crippen molar-refractivity contribution in [2.45, 2.75) is 25.3 Å². The van der Waals surface area contributed by atoms with Crippen molar-refractivity contribution in [2.75, 3.05) is 18.4 Å². The lowest BCUT2D eigenvalue weighted by Gasteiger charge is -2.35. The Morgan fingerprint density at radius 2 is 2.11 bits per heavy atom. The number of nitro groups is 1. The van der Waals surface area contributed by atoms with Crippen LogP contribution in [0.2, 0.25) is 0 Å². The van der Waals surface area contributed by atoms with Gasteiger partial charge in [-0.15, -0.1) is 0 Å². The highest BCUT2D eigenvalue weighted by Gasteiger charge is 2.28. The molecule has 1 saturated heterocycles. The largest absolute Gasteiger partial charge is 0.374 e. The minimum absolute atomic E-state index is 0.0865. The fourth-order valence-corrected chi connectivity index (χ4v) is 2.56. The molecule has 1 fully saturated rings. The lowest BCUT2D eigenvalue weighted by molar-refractivity contribution is -0.384. The van der Waals surface area contributed by atoms with Crippen LogP contribution in [0.5, 0.6) is 0 Å². The van der Waals surface area contributed by atoms with Crippen molar-refractivity contribution in [3.63, 3.8) is 0 Å². The van der Waals surface area contributed by atoms with E-state index in [0.717, 1.165) is 30.4 Å². The Labute approximate surface area is 114 Å². The first-order chi connectivity index (χ1) is 8.50. The van der Waals surface area contributed by atoms with Crippen LogP contribution >= 0.6 is 15.9 Å². The molecule has 0 saturated carbocycles. The van der Waals surface area contributed by atoms with Crippen molar-refractivity contribution in [3.8, 4) is 0 Å². The molecule has 1 aliphatic rings. The van der Waals surface area contributed by atoms with E-state index >= 15 is 0 Å². The van der Waals surface area contributed by atoms with Crippen molar-refractivity contribution in [1.82, 2.24) is 5.32 Å². The molecule has 5 nitrogen and oxygen atoms in total. The van der Waals surface area contributed by atoms with Crippen molar-refractivity contribution in [3.05, 3.63) is 32.8 Å². The van der Waals surface area contributed by atoms with Crippen molar-refractivity contribution in [2.24, 2.45) is 0 Å². The van der Waals surface area contributed by atoms with E-state index in [1.165, 1.54) is 6.07 Å². The number of nitro benzene ring substituents is 1. The van der Waals surface area contributed by atoms with Crippen LogP contribution in [0, 0.1) is 10.1 Å². The van der Waals surface area contributed by atoms with Crippen LogP contribution in [0.3, 0.4) is 0 Å². The summed E-state index contributed by atoms with van der Waals surface area (Å²) in [4.78, 5) is 10.7. The summed E-state index contributed by atoms with van der Waals surface area (Å²) in [5, 5.41) is 17.6. The normalized spacial score (nSPS) is 18.3. The van der Waals surface area contributed by atoms with Crippen LogP contribution in [-0.4, -0.2) is 23.6 Å². The quantitative estimate of drug-likeness (QED) is 0.665. The first-order valence-electron chi connectivity index (χ1n) is 5.93. The molecular formula is C12H16BrN3O2. The number of anilines is 1. The minimum Gasteiger partial charge on any atom is -0.374 e. The van der Waals surface area contributed by atoms with Gasteiger partial charge in [-0.05, 0) is 45.0 Å². The summed E-state index contributed by atoms with van der Waals surface area (Å²) in [5.74, 6) is 0. The van der Waals surface area contributed by atoms with Gasteiger partial charge in [-0.25, -0.2) is 0 Å². The minimum atomic E-state index is -0.348. The summed E-state index contributed by atoms with van der Waals surface area (Å²) < 4.78 is 0.841. The molecule has 1 aliphatic heterocycles. The lowest BCUT2D eigenvalue weighted by atomic mass is 9.90. The van der Waals surface area contributed by atoms with Gasteiger partial charge in [-0.1, -0.05) is 15.9 Å². The second kappa shape index (κ2) is 5.24. The van der Waals surface area contributed by atoms with Crippen LogP contribution in [0.15, 0.2) is 22.7 Å². The number of hydrogen-bond donors (Lipinski definition) is 2. The first kappa shape index (κ1) is 13.3. The maximum atomic E-state index is 11.0. The van der Waals surface area contributed by atoms with Gasteiger partial charge in [-0.2, -0.15) is 0 Å². The number of nitrogens with one attached hydrogen (secondary N) is 2. The highest BCUT2D eigenvalue weighted by atomic mass is 79.9. The van der Waals surface area contributed by atoms with Gasteiger partial charge in [0.05, 0.1) is 4.92 Å². The van der Waals surface area contributed by atoms with E-state index in [-0.39, 0.29) is 16.1 Å². The van der Waals surface area contributed by atoms with Gasteiger partial charge in [-0.3, -0.25) is 10.1 Å². The highest BCUT2D eigenvalue weighted by molar-refractivity contribution is 9.10. The molecule has 0 aromatic heterocycles. The lowest BCUT2D eigenvalue weighted by Crippen LogP contribution is -2.45. The molecule has 2 rings (SSSR count). The Balaban J connectivity index is 2.26. The van der Waals surface area contributed by atoms with Crippen LogP contribution < -0.4 is 10.6 Å². The third-order valence-electron chi connectivity index (χ3n) is 3.30. The molecule has 1 heterocycles. The number of benzene rings is 1. The zero-order chi connectivity index (χ0) is 13.2. The summed E-state index contributed by atoms with van der Waals surface area (Å²) in [5.41, 5.74) is 0.619. The Morgan fingerprint density at radius 3 is 2.72 bits per heavy atom. The van der Waals surface area contributed by atoms with Gasteiger partial charge in [0.25, 0.3) is 5.69 Å². The molecular weight excluding hydrogens is 298 g/mol. The monoisotopic (exact) mass is 313 g/mol. The van der Waals surface area contributed by atoms with Crippen LogP contribution in [0.4, 0.5) is 11.4 Å². The second-order valence-electron chi connectivity index (χ2n) is 4.85. The van der Waals surface area contributed by atoms with Gasteiger partial charge in [0.2, 0.25) is 0 Å². The third kappa shape index (κ3) is 3.00. The summed E-state index contributed by atoms with van der Waals surface area (Å²) >= 11 is 3.35. The molecule has 0 aliphatic carbocycles. The van der Waals surface area contributed by atoms with Gasteiger partial charge in [0.1, 0.15) is 5.69 Å². The first-order valence-corrected chi connectivity index (χ1v) is 6.72. The Hall–Kier alpha value is -1.14. The molecule has 18 heavy (non-hydrogen) atoms. The summed E-state index contributed by atoms with van der Waals surface area (Å²) in [6, 6.07) is 4.98. The number of hydrogen-bond acceptors (Lipinski definition) is 4. The predicted molar refractivity (Wildman–Crippen MR) is 74.9 cm³/mol. The fraction of sp³-hybridized carbons (Fsp3) is 0.500. The van der Waals surface area contributed by atoms with E-state index in [2.05, 4.69) is 33.5 Å². The van der Waals surface area contributed by atoms with Crippen molar-refractivity contribution in [1.29, 1.82) is 0 Å². The molecule has 0 unspecified atom stereocenters. The zero-order valence-electron chi connectivity index (χ0n) is 10.2. The van der Waals surface area contributed by atoms with E-state index < -0.39 is 0 Å². The molecule has 2 N–H and O–H groups in total. The average Bonchev–Trinajstić information content (AvgIpc) is 2.28. The number of nitrogens with zero attached hydrogens (tertiary/aromatic N) is 1. The molecule has 1 aromatic carbocycles. The Morgan fingerprint density at radius 1 is 1.44 bits per heavy atom. The van der Waals surface area contributed by atoms with Gasteiger partial charge in [0.15, 0.2) is 0 Å². The molecule has 1 aromatic rings. The molecule has 98 valence electrons. The van der Waals surface area contributed by atoms with E-state index in [0.29, 0.717) is 5.69 Å². The summed E-state index contributed by atoms with van der Waals surface area (Å²) in [6.45, 7) is 3.98. The number of rotatable bonds is 3. The van der Waals surface area contributed by atoms with Crippen LogP contribution in [-0.2, 0) is 0 Å².